The molecule has 0 aliphatic rings. The molecule has 0 saturated carbocycles. The third-order valence-electron chi connectivity index (χ3n) is 2.94. The van der Waals surface area contributed by atoms with Crippen LogP contribution >= 0.6 is 0 Å². The van der Waals surface area contributed by atoms with Gasteiger partial charge in [0.05, 0.1) is 11.9 Å². The van der Waals surface area contributed by atoms with Crippen LogP contribution in [-0.4, -0.2) is 15.0 Å². The molecule has 0 fully saturated rings. The molecule has 0 atom stereocenters. The highest BCUT2D eigenvalue weighted by molar-refractivity contribution is 5.58. The van der Waals surface area contributed by atoms with Crippen molar-refractivity contribution in [3.05, 3.63) is 36.0 Å². The van der Waals surface area contributed by atoms with Gasteiger partial charge in [0.1, 0.15) is 0 Å². The van der Waals surface area contributed by atoms with Gasteiger partial charge in [0, 0.05) is 12.1 Å². The highest BCUT2D eigenvalue weighted by atomic mass is 15.4. The number of rotatable bonds is 5. The maximum atomic E-state index is 4.15. The second-order valence-electron chi connectivity index (χ2n) is 4.42. The monoisotopic (exact) mass is 229 g/mol. The van der Waals surface area contributed by atoms with Crippen molar-refractivity contribution in [2.24, 2.45) is 0 Å². The third kappa shape index (κ3) is 2.93. The molecule has 0 radical (unpaired) electrons. The number of hydrogen-bond acceptors (Lipinski definition) is 2. The first-order valence-corrected chi connectivity index (χ1v) is 6.27. The molecule has 0 amide bonds. The number of aromatic nitrogens is 3. The lowest BCUT2D eigenvalue weighted by atomic mass is 10.1. The first-order chi connectivity index (χ1) is 8.31. The Morgan fingerprint density at radius 2 is 1.88 bits per heavy atom. The smallest absolute Gasteiger partial charge is 0.0885 e. The van der Waals surface area contributed by atoms with Gasteiger partial charge in [0.15, 0.2) is 0 Å². The zero-order valence-corrected chi connectivity index (χ0v) is 10.6. The van der Waals surface area contributed by atoms with Gasteiger partial charge < -0.3 is 0 Å². The van der Waals surface area contributed by atoms with Gasteiger partial charge >= 0.3 is 0 Å². The maximum Gasteiger partial charge on any atom is 0.0885 e. The molecule has 1 aromatic heterocycles. The lowest BCUT2D eigenvalue weighted by Crippen LogP contribution is -2.02. The molecule has 1 aromatic carbocycles. The van der Waals surface area contributed by atoms with Gasteiger partial charge in [-0.3, -0.25) is 0 Å². The average Bonchev–Trinajstić information content (AvgIpc) is 2.79. The lowest BCUT2D eigenvalue weighted by molar-refractivity contribution is 0.541. The number of benzene rings is 1. The fourth-order valence-electron chi connectivity index (χ4n) is 1.88. The van der Waals surface area contributed by atoms with E-state index in [9.17, 15) is 0 Å². The standard InChI is InChI=1S/C14H19N3/c1-3-4-5-10-17-14(11-15-16-17)13-8-6-12(2)7-9-13/h6-9,11H,3-5,10H2,1-2H3. The molecule has 0 spiro atoms. The molecule has 0 aliphatic carbocycles. The summed E-state index contributed by atoms with van der Waals surface area (Å²) in [5, 5.41) is 8.17. The topological polar surface area (TPSA) is 30.7 Å². The van der Waals surface area contributed by atoms with Crippen molar-refractivity contribution in [3.63, 3.8) is 0 Å². The van der Waals surface area contributed by atoms with E-state index in [0.717, 1.165) is 12.2 Å². The third-order valence-corrected chi connectivity index (χ3v) is 2.94. The van der Waals surface area contributed by atoms with Crippen molar-refractivity contribution in [1.29, 1.82) is 0 Å². The van der Waals surface area contributed by atoms with Gasteiger partial charge in [-0.05, 0) is 13.3 Å². The Kier molecular flexibility index (Phi) is 3.91. The van der Waals surface area contributed by atoms with E-state index in [4.69, 9.17) is 0 Å². The average molecular weight is 229 g/mol. The summed E-state index contributed by atoms with van der Waals surface area (Å²) in [4.78, 5) is 0. The molecule has 0 unspecified atom stereocenters. The van der Waals surface area contributed by atoms with Crippen LogP contribution in [0.1, 0.15) is 31.7 Å². The van der Waals surface area contributed by atoms with Crippen molar-refractivity contribution in [2.75, 3.05) is 0 Å². The van der Waals surface area contributed by atoms with E-state index >= 15 is 0 Å². The summed E-state index contributed by atoms with van der Waals surface area (Å²) in [6.07, 6.45) is 5.48. The summed E-state index contributed by atoms with van der Waals surface area (Å²) >= 11 is 0. The Bertz CT molecular complexity index is 457. The van der Waals surface area contributed by atoms with Gasteiger partial charge in [-0.15, -0.1) is 5.10 Å². The van der Waals surface area contributed by atoms with Gasteiger partial charge in [0.25, 0.3) is 0 Å². The molecule has 90 valence electrons. The summed E-state index contributed by atoms with van der Waals surface area (Å²) < 4.78 is 2.00. The molecule has 3 heteroatoms. The lowest BCUT2D eigenvalue weighted by Gasteiger charge is -2.06. The van der Waals surface area contributed by atoms with E-state index in [1.54, 1.807) is 0 Å². The SMILES string of the molecule is CCCCCn1nncc1-c1ccc(C)cc1. The van der Waals surface area contributed by atoms with Crippen LogP contribution < -0.4 is 0 Å². The van der Waals surface area contributed by atoms with Crippen LogP contribution in [0.3, 0.4) is 0 Å². The quantitative estimate of drug-likeness (QED) is 0.735. The second-order valence-corrected chi connectivity index (χ2v) is 4.42. The van der Waals surface area contributed by atoms with E-state index in [-0.39, 0.29) is 0 Å². The summed E-state index contributed by atoms with van der Waals surface area (Å²) in [5.41, 5.74) is 3.58. The summed E-state index contributed by atoms with van der Waals surface area (Å²) in [7, 11) is 0. The van der Waals surface area contributed by atoms with Gasteiger partial charge in [0.2, 0.25) is 0 Å². The molecule has 0 bridgehead atoms. The molecule has 2 aromatic rings. The number of aryl methyl sites for hydroxylation is 2. The van der Waals surface area contributed by atoms with Gasteiger partial charge in [-0.25, -0.2) is 4.68 Å². The van der Waals surface area contributed by atoms with E-state index in [0.29, 0.717) is 0 Å². The Balaban J connectivity index is 2.15. The Morgan fingerprint density at radius 3 is 2.59 bits per heavy atom. The molecule has 0 N–H and O–H groups in total. The van der Waals surface area contributed by atoms with Crippen LogP contribution in [-0.2, 0) is 6.54 Å². The molecule has 1 heterocycles. The van der Waals surface area contributed by atoms with Crippen molar-refractivity contribution in [1.82, 2.24) is 15.0 Å². The minimum Gasteiger partial charge on any atom is -0.245 e. The summed E-state index contributed by atoms with van der Waals surface area (Å²) in [5.74, 6) is 0. The first-order valence-electron chi connectivity index (χ1n) is 6.27. The van der Waals surface area contributed by atoms with Crippen LogP contribution in [0.5, 0.6) is 0 Å². The van der Waals surface area contributed by atoms with Crippen LogP contribution in [0.4, 0.5) is 0 Å². The normalized spacial score (nSPS) is 10.7. The van der Waals surface area contributed by atoms with E-state index in [1.165, 1.54) is 30.4 Å². The van der Waals surface area contributed by atoms with Gasteiger partial charge in [-0.1, -0.05) is 54.8 Å². The van der Waals surface area contributed by atoms with Crippen molar-refractivity contribution >= 4 is 0 Å². The van der Waals surface area contributed by atoms with Crippen LogP contribution in [0, 0.1) is 6.92 Å². The Hall–Kier alpha value is -1.64. The number of unbranched alkanes of at least 4 members (excludes halogenated alkanes) is 2. The van der Waals surface area contributed by atoms with Crippen molar-refractivity contribution < 1.29 is 0 Å². The van der Waals surface area contributed by atoms with Crippen LogP contribution in [0.15, 0.2) is 30.5 Å². The summed E-state index contributed by atoms with van der Waals surface area (Å²) in [6, 6.07) is 8.51. The maximum absolute atomic E-state index is 4.15. The van der Waals surface area contributed by atoms with Gasteiger partial charge in [-0.2, -0.15) is 0 Å². The number of nitrogens with zero attached hydrogens (tertiary/aromatic N) is 3. The fraction of sp³-hybridized carbons (Fsp3) is 0.429. The van der Waals surface area contributed by atoms with E-state index < -0.39 is 0 Å². The molecular weight excluding hydrogens is 210 g/mol. The zero-order valence-electron chi connectivity index (χ0n) is 10.6. The fourth-order valence-corrected chi connectivity index (χ4v) is 1.88. The second kappa shape index (κ2) is 5.62. The van der Waals surface area contributed by atoms with E-state index in [1.807, 2.05) is 10.9 Å². The largest absolute Gasteiger partial charge is 0.245 e. The highest BCUT2D eigenvalue weighted by Crippen LogP contribution is 2.18. The van der Waals surface area contributed by atoms with Crippen LogP contribution in [0.2, 0.25) is 0 Å². The molecule has 3 nitrogen and oxygen atoms in total. The van der Waals surface area contributed by atoms with Crippen LogP contribution in [0.25, 0.3) is 11.3 Å². The Morgan fingerprint density at radius 1 is 1.12 bits per heavy atom. The predicted octanol–water partition coefficient (Wildman–Crippen LogP) is 3.44. The molecule has 2 rings (SSSR count). The number of hydrogen-bond donors (Lipinski definition) is 0. The molecule has 0 aliphatic heterocycles. The zero-order chi connectivity index (χ0) is 12.1. The minimum atomic E-state index is 0.955. The van der Waals surface area contributed by atoms with E-state index in [2.05, 4.69) is 48.4 Å². The molecule has 17 heavy (non-hydrogen) atoms. The predicted molar refractivity (Wildman–Crippen MR) is 69.7 cm³/mol. The summed E-state index contributed by atoms with van der Waals surface area (Å²) in [6.45, 7) is 5.26. The van der Waals surface area contributed by atoms with Crippen molar-refractivity contribution in [2.45, 2.75) is 39.7 Å². The first kappa shape index (κ1) is 11.8. The Labute approximate surface area is 102 Å². The molecular formula is C14H19N3. The highest BCUT2D eigenvalue weighted by Gasteiger charge is 2.05. The minimum absolute atomic E-state index is 0.955. The van der Waals surface area contributed by atoms with Crippen molar-refractivity contribution in [3.8, 4) is 11.3 Å². The molecule has 0 saturated heterocycles.